The zero-order chi connectivity index (χ0) is 10.2. The molecule has 0 amide bonds. The van der Waals surface area contributed by atoms with Crippen LogP contribution in [0.5, 0.6) is 0 Å². The Balaban J connectivity index is 5.12. The molecule has 0 aliphatic rings. The summed E-state index contributed by atoms with van der Waals surface area (Å²) < 4.78 is 9.90. The van der Waals surface area contributed by atoms with Crippen LogP contribution in [0.15, 0.2) is 14.0 Å². The Labute approximate surface area is 75.4 Å². The minimum absolute atomic E-state index is 0.298. The molecule has 0 saturated carbocycles. The highest BCUT2D eigenvalue weighted by atomic mass is 28.4. The third-order valence-corrected chi connectivity index (χ3v) is 3.78. The summed E-state index contributed by atoms with van der Waals surface area (Å²) in [4.78, 5) is 30.0. The zero-order valence-electron chi connectivity index (χ0n) is 6.98. The summed E-state index contributed by atoms with van der Waals surface area (Å²) in [5.41, 5.74) is 0. The van der Waals surface area contributed by atoms with Crippen LogP contribution in [0.4, 0.5) is 0 Å². The molecule has 0 aromatic carbocycles. The first-order chi connectivity index (χ1) is 6.24. The molecule has 0 spiro atoms. The predicted molar refractivity (Wildman–Crippen MR) is 45.2 cm³/mol. The summed E-state index contributed by atoms with van der Waals surface area (Å²) in [5.74, 6) is 0. The fourth-order valence-electron chi connectivity index (χ4n) is 0.797. The van der Waals surface area contributed by atoms with Crippen LogP contribution in [0.2, 0.25) is 6.04 Å². The molecule has 0 N–H and O–H groups in total. The Hall–Kier alpha value is -1.64. The molecule has 0 radical (unpaired) electrons. The van der Waals surface area contributed by atoms with Crippen molar-refractivity contribution in [3.8, 4) is 0 Å². The van der Waals surface area contributed by atoms with Crippen LogP contribution < -0.4 is 0 Å². The smallest absolute Gasteiger partial charge is 0.212 e. The Morgan fingerprint density at radius 3 is 1.62 bits per heavy atom. The van der Waals surface area contributed by atoms with Crippen LogP contribution >= 0.6 is 0 Å². The average molecular weight is 197 g/mol. The van der Waals surface area contributed by atoms with Gasteiger partial charge < -0.3 is 0 Å². The molecule has 6 nitrogen and oxygen atoms in total. The van der Waals surface area contributed by atoms with Crippen LogP contribution in [-0.4, -0.2) is 26.8 Å². The van der Waals surface area contributed by atoms with Crippen molar-refractivity contribution in [1.29, 1.82) is 0 Å². The molecule has 68 valence electrons. The van der Waals surface area contributed by atoms with E-state index in [-0.39, 0.29) is 0 Å². The highest BCUT2D eigenvalue weighted by Crippen LogP contribution is 2.15. The van der Waals surface area contributed by atoms with E-state index in [2.05, 4.69) is 14.0 Å². The maximum absolute atomic E-state index is 10.0. The van der Waals surface area contributed by atoms with E-state index >= 15 is 0 Å². The zero-order valence-corrected chi connectivity index (χ0v) is 7.98. The first-order valence-corrected chi connectivity index (χ1v) is 5.56. The Kier molecular flexibility index (Phi) is 5.19. The van der Waals surface area contributed by atoms with Crippen molar-refractivity contribution in [3.63, 3.8) is 0 Å². The molecule has 0 aromatic heterocycles. The Bertz CT molecular complexity index is 266. The molecule has 0 aliphatic carbocycles. The first kappa shape index (κ1) is 11.4. The summed E-state index contributed by atoms with van der Waals surface area (Å²) in [6.07, 6.45) is 4.37. The van der Waals surface area contributed by atoms with Gasteiger partial charge in [-0.1, -0.05) is 13.3 Å². The van der Waals surface area contributed by atoms with Gasteiger partial charge in [0.2, 0.25) is 18.2 Å². The summed E-state index contributed by atoms with van der Waals surface area (Å²) in [5, 5.41) is 0. The molecule has 0 fully saturated rings. The van der Waals surface area contributed by atoms with Crippen molar-refractivity contribution in [2.75, 3.05) is 0 Å². The second-order valence-electron chi connectivity index (χ2n) is 2.13. The van der Waals surface area contributed by atoms with Gasteiger partial charge in [0, 0.05) is 6.04 Å². The van der Waals surface area contributed by atoms with E-state index < -0.39 is 8.56 Å². The van der Waals surface area contributed by atoms with Gasteiger partial charge >= 0.3 is 8.56 Å². The molecule has 0 aromatic rings. The highest BCUT2D eigenvalue weighted by molar-refractivity contribution is 6.76. The Morgan fingerprint density at radius 2 is 1.38 bits per heavy atom. The van der Waals surface area contributed by atoms with Crippen molar-refractivity contribution in [3.05, 3.63) is 0 Å². The summed E-state index contributed by atoms with van der Waals surface area (Å²) in [6.45, 7) is 1.79. The largest absolute Gasteiger partial charge is 0.467 e. The fraction of sp³-hybridized carbons (Fsp3) is 0.500. The quantitative estimate of drug-likeness (QED) is 0.361. The Morgan fingerprint density at radius 1 is 1.00 bits per heavy atom. The molecule has 0 atom stereocenters. The molecular formula is C6H7N3O3Si. The van der Waals surface area contributed by atoms with E-state index in [0.29, 0.717) is 12.5 Å². The lowest BCUT2D eigenvalue weighted by Gasteiger charge is -2.07. The number of hydrogen-bond acceptors (Lipinski definition) is 6. The first-order valence-electron chi connectivity index (χ1n) is 3.51. The normalized spacial score (nSPS) is 12.7. The van der Waals surface area contributed by atoms with Crippen LogP contribution in [-0.2, 0) is 14.4 Å². The van der Waals surface area contributed by atoms with Gasteiger partial charge in [0.15, 0.2) is 0 Å². The van der Waals surface area contributed by atoms with Gasteiger partial charge in [0.1, 0.15) is 0 Å². The molecule has 0 unspecified atom stereocenters. The number of nitrogens with zero attached hydrogens (tertiary/aromatic N) is 3. The molecule has 0 bridgehead atoms. The number of isocyanates is 3. The fourth-order valence-corrected chi connectivity index (χ4v) is 2.39. The molecule has 0 saturated heterocycles. The van der Waals surface area contributed by atoms with Gasteiger partial charge in [-0.05, 0) is 0 Å². The predicted octanol–water partition coefficient (Wildman–Crippen LogP) is 0.343. The molecule has 0 aliphatic heterocycles. The standard InChI is InChI=1S/C6H7N3O3Si/c1-2-3-13(7-4-10,8-5-11)9-6-12/h2-3H2,1H3. The van der Waals surface area contributed by atoms with Gasteiger partial charge in [-0.2, -0.15) is 14.0 Å². The van der Waals surface area contributed by atoms with Crippen LogP contribution in [0, 0.1) is 0 Å². The summed E-state index contributed by atoms with van der Waals surface area (Å²) in [6, 6.07) is 0.298. The maximum Gasteiger partial charge on any atom is 0.467 e. The van der Waals surface area contributed by atoms with Crippen molar-refractivity contribution >= 4 is 26.8 Å². The maximum atomic E-state index is 10.0. The second kappa shape index (κ2) is 5.94. The van der Waals surface area contributed by atoms with Crippen molar-refractivity contribution in [2.45, 2.75) is 19.4 Å². The van der Waals surface area contributed by atoms with Crippen LogP contribution in [0.1, 0.15) is 13.3 Å². The SMILES string of the molecule is CCC[Si](N=C=O)(N=C=O)N=C=O. The van der Waals surface area contributed by atoms with E-state index in [1.165, 1.54) is 18.2 Å². The molecule has 13 heavy (non-hydrogen) atoms. The summed E-state index contributed by atoms with van der Waals surface area (Å²) >= 11 is 0. The molecular weight excluding hydrogens is 190 g/mol. The minimum Gasteiger partial charge on any atom is -0.212 e. The van der Waals surface area contributed by atoms with E-state index in [9.17, 15) is 14.4 Å². The third-order valence-electron chi connectivity index (χ3n) is 1.26. The summed E-state index contributed by atoms with van der Waals surface area (Å²) in [7, 11) is -3.19. The number of rotatable bonds is 5. The van der Waals surface area contributed by atoms with Gasteiger partial charge in [-0.25, -0.2) is 14.4 Å². The average Bonchev–Trinajstić information content (AvgIpc) is 2.06. The second-order valence-corrected chi connectivity index (χ2v) is 4.85. The van der Waals surface area contributed by atoms with E-state index in [0.717, 1.165) is 0 Å². The lowest BCUT2D eigenvalue weighted by molar-refractivity contribution is 0.564. The lowest BCUT2D eigenvalue weighted by atomic mass is 10.6. The lowest BCUT2D eigenvalue weighted by Crippen LogP contribution is -2.27. The topological polar surface area (TPSA) is 88.3 Å². The molecule has 0 rings (SSSR count). The van der Waals surface area contributed by atoms with Crippen LogP contribution in [0.3, 0.4) is 0 Å². The van der Waals surface area contributed by atoms with E-state index in [1.807, 2.05) is 0 Å². The van der Waals surface area contributed by atoms with Gasteiger partial charge in [-0.3, -0.25) is 0 Å². The molecule has 7 heteroatoms. The highest BCUT2D eigenvalue weighted by Gasteiger charge is 2.34. The minimum atomic E-state index is -3.19. The van der Waals surface area contributed by atoms with Crippen molar-refractivity contribution < 1.29 is 14.4 Å². The third kappa shape index (κ3) is 3.51. The van der Waals surface area contributed by atoms with E-state index in [4.69, 9.17) is 0 Å². The van der Waals surface area contributed by atoms with Gasteiger partial charge in [0.25, 0.3) is 0 Å². The van der Waals surface area contributed by atoms with Gasteiger partial charge in [0.05, 0.1) is 0 Å². The monoisotopic (exact) mass is 197 g/mol. The van der Waals surface area contributed by atoms with Gasteiger partial charge in [-0.15, -0.1) is 0 Å². The van der Waals surface area contributed by atoms with Crippen molar-refractivity contribution in [1.82, 2.24) is 0 Å². The van der Waals surface area contributed by atoms with E-state index in [1.54, 1.807) is 6.92 Å². The molecule has 0 heterocycles. The van der Waals surface area contributed by atoms with Crippen molar-refractivity contribution in [2.24, 2.45) is 14.0 Å². The number of carbonyl (C=O) groups excluding carboxylic acids is 3. The van der Waals surface area contributed by atoms with Crippen LogP contribution in [0.25, 0.3) is 0 Å². The number of hydrogen-bond donors (Lipinski definition) is 0.